The number of carbonyl (C=O) groups is 1. The zero-order chi connectivity index (χ0) is 20.1. The summed E-state index contributed by atoms with van der Waals surface area (Å²) in [5.74, 6) is 1.53. The van der Waals surface area contributed by atoms with Crippen LogP contribution in [0.3, 0.4) is 0 Å². The molecule has 1 aliphatic heterocycles. The van der Waals surface area contributed by atoms with Gasteiger partial charge in [-0.05, 0) is 24.3 Å². The molecule has 4 rings (SSSR count). The van der Waals surface area contributed by atoms with Gasteiger partial charge in [0.1, 0.15) is 16.5 Å². The number of hydrogen-bond donors (Lipinski definition) is 1. The lowest BCUT2D eigenvalue weighted by atomic mass is 10.3. The normalized spacial score (nSPS) is 15.3. The molecule has 0 atom stereocenters. The van der Waals surface area contributed by atoms with Crippen molar-refractivity contribution in [3.05, 3.63) is 53.0 Å². The number of piperazine rings is 1. The van der Waals surface area contributed by atoms with Crippen molar-refractivity contribution in [2.24, 2.45) is 0 Å². The van der Waals surface area contributed by atoms with Gasteiger partial charge in [0, 0.05) is 43.3 Å². The Morgan fingerprint density at radius 2 is 2.03 bits per heavy atom. The van der Waals surface area contributed by atoms with Gasteiger partial charge in [0.05, 0.1) is 26.5 Å². The summed E-state index contributed by atoms with van der Waals surface area (Å²) in [7, 11) is 1.62. The second kappa shape index (κ2) is 9.21. The summed E-state index contributed by atoms with van der Waals surface area (Å²) in [5.41, 5.74) is 1.65. The Hall–Kier alpha value is -2.68. The Morgan fingerprint density at radius 3 is 2.79 bits per heavy atom. The number of amides is 1. The van der Waals surface area contributed by atoms with Crippen LogP contribution in [0.4, 0.5) is 5.69 Å². The molecule has 152 valence electrons. The topological polar surface area (TPSA) is 70.8 Å². The molecule has 7 nitrogen and oxygen atoms in total. The van der Waals surface area contributed by atoms with Crippen molar-refractivity contribution in [1.82, 2.24) is 14.8 Å². The summed E-state index contributed by atoms with van der Waals surface area (Å²) in [6, 6.07) is 11.2. The van der Waals surface area contributed by atoms with Crippen molar-refractivity contribution < 1.29 is 13.9 Å². The maximum absolute atomic E-state index is 12.3. The van der Waals surface area contributed by atoms with Crippen molar-refractivity contribution in [2.75, 3.05) is 45.2 Å². The van der Waals surface area contributed by atoms with E-state index in [4.69, 9.17) is 9.15 Å². The highest BCUT2D eigenvalue weighted by molar-refractivity contribution is 7.09. The van der Waals surface area contributed by atoms with E-state index >= 15 is 0 Å². The summed E-state index contributed by atoms with van der Waals surface area (Å²) in [4.78, 5) is 21.6. The third-order valence-corrected chi connectivity index (χ3v) is 5.70. The monoisotopic (exact) mass is 412 g/mol. The molecule has 8 heteroatoms. The largest absolute Gasteiger partial charge is 0.497 e. The van der Waals surface area contributed by atoms with Crippen LogP contribution in [-0.2, 0) is 11.3 Å². The Morgan fingerprint density at radius 1 is 1.21 bits per heavy atom. The highest BCUT2D eigenvalue weighted by atomic mass is 32.1. The number of thiazole rings is 1. The van der Waals surface area contributed by atoms with Gasteiger partial charge in [-0.25, -0.2) is 4.98 Å². The van der Waals surface area contributed by atoms with E-state index < -0.39 is 0 Å². The summed E-state index contributed by atoms with van der Waals surface area (Å²) < 4.78 is 10.6. The molecule has 0 aliphatic carbocycles. The first-order valence-electron chi connectivity index (χ1n) is 9.56. The van der Waals surface area contributed by atoms with Crippen LogP contribution >= 0.6 is 11.3 Å². The number of nitrogens with one attached hydrogen (secondary N) is 1. The lowest BCUT2D eigenvalue weighted by Gasteiger charge is -2.33. The molecule has 1 amide bonds. The van der Waals surface area contributed by atoms with E-state index in [9.17, 15) is 4.79 Å². The van der Waals surface area contributed by atoms with Crippen LogP contribution in [0.15, 0.2) is 52.5 Å². The second-order valence-corrected chi connectivity index (χ2v) is 7.88. The number of methoxy groups -OCH3 is 1. The molecule has 0 bridgehead atoms. The molecular weight excluding hydrogens is 388 g/mol. The molecule has 0 spiro atoms. The summed E-state index contributed by atoms with van der Waals surface area (Å²) in [5, 5.41) is 6.06. The van der Waals surface area contributed by atoms with E-state index in [0.717, 1.165) is 60.6 Å². The van der Waals surface area contributed by atoms with Crippen LogP contribution in [0.25, 0.3) is 11.5 Å². The molecule has 29 heavy (non-hydrogen) atoms. The Labute approximate surface area is 173 Å². The first kappa shape index (κ1) is 19.6. The lowest BCUT2D eigenvalue weighted by molar-refractivity contribution is -0.117. The first-order valence-corrected chi connectivity index (χ1v) is 10.4. The van der Waals surface area contributed by atoms with E-state index in [1.807, 2.05) is 41.8 Å². The van der Waals surface area contributed by atoms with E-state index in [1.165, 1.54) is 0 Å². The average molecular weight is 413 g/mol. The molecule has 1 aliphatic rings. The number of benzene rings is 1. The van der Waals surface area contributed by atoms with Gasteiger partial charge < -0.3 is 14.5 Å². The SMILES string of the molecule is COc1cccc(NC(=O)CN2CCN(Cc3nc(-c4ccco4)cs3)CC2)c1. The molecule has 1 fully saturated rings. The van der Waals surface area contributed by atoms with E-state index in [-0.39, 0.29) is 5.91 Å². The third-order valence-electron chi connectivity index (χ3n) is 4.87. The highest BCUT2D eigenvalue weighted by Gasteiger charge is 2.20. The molecule has 1 aromatic carbocycles. The number of nitrogens with zero attached hydrogens (tertiary/aromatic N) is 3. The number of anilines is 1. The molecular formula is C21H24N4O3S. The number of furan rings is 1. The zero-order valence-electron chi connectivity index (χ0n) is 16.3. The van der Waals surface area contributed by atoms with Gasteiger partial charge in [-0.2, -0.15) is 0 Å². The summed E-state index contributed by atoms with van der Waals surface area (Å²) in [6.07, 6.45) is 1.66. The summed E-state index contributed by atoms with van der Waals surface area (Å²) in [6.45, 7) is 4.79. The zero-order valence-corrected chi connectivity index (χ0v) is 17.2. The van der Waals surface area contributed by atoms with E-state index in [2.05, 4.69) is 20.1 Å². The minimum Gasteiger partial charge on any atom is -0.497 e. The molecule has 3 aromatic rings. The van der Waals surface area contributed by atoms with Crippen LogP contribution in [-0.4, -0.2) is 60.5 Å². The fraction of sp³-hybridized carbons (Fsp3) is 0.333. The number of hydrogen-bond acceptors (Lipinski definition) is 7. The van der Waals surface area contributed by atoms with Crippen molar-refractivity contribution in [3.63, 3.8) is 0 Å². The van der Waals surface area contributed by atoms with Crippen LogP contribution in [0.2, 0.25) is 0 Å². The molecule has 3 heterocycles. The van der Waals surface area contributed by atoms with Crippen LogP contribution in [0.1, 0.15) is 5.01 Å². The minimum absolute atomic E-state index is 0.00489. The van der Waals surface area contributed by atoms with E-state index in [0.29, 0.717) is 6.54 Å². The molecule has 0 unspecified atom stereocenters. The summed E-state index contributed by atoms with van der Waals surface area (Å²) >= 11 is 1.66. The predicted molar refractivity (Wildman–Crippen MR) is 113 cm³/mol. The smallest absolute Gasteiger partial charge is 0.238 e. The maximum atomic E-state index is 12.3. The standard InChI is InChI=1S/C21H24N4O3S/c1-27-17-5-2-4-16(12-17)22-20(26)13-24-7-9-25(10-8-24)14-21-23-18(15-29-21)19-6-3-11-28-19/h2-6,11-12,15H,7-10,13-14H2,1H3,(H,22,26). The fourth-order valence-electron chi connectivity index (χ4n) is 3.32. The van der Waals surface area contributed by atoms with Crippen LogP contribution in [0, 0.1) is 0 Å². The number of aromatic nitrogens is 1. The Bertz CT molecular complexity index is 933. The molecule has 2 aromatic heterocycles. The Balaban J connectivity index is 1.22. The molecule has 0 radical (unpaired) electrons. The maximum Gasteiger partial charge on any atom is 0.238 e. The van der Waals surface area contributed by atoms with Crippen molar-refractivity contribution in [2.45, 2.75) is 6.54 Å². The number of carbonyl (C=O) groups excluding carboxylic acids is 1. The third kappa shape index (κ3) is 5.23. The fourth-order valence-corrected chi connectivity index (χ4v) is 4.15. The number of ether oxygens (including phenoxy) is 1. The van der Waals surface area contributed by atoms with Crippen molar-refractivity contribution >= 4 is 22.9 Å². The van der Waals surface area contributed by atoms with Crippen molar-refractivity contribution in [1.29, 1.82) is 0 Å². The van der Waals surface area contributed by atoms with Gasteiger partial charge in [-0.15, -0.1) is 11.3 Å². The Kier molecular flexibility index (Phi) is 6.24. The first-order chi connectivity index (χ1) is 14.2. The molecule has 0 saturated carbocycles. The van der Waals surface area contributed by atoms with Gasteiger partial charge in [-0.3, -0.25) is 14.6 Å². The van der Waals surface area contributed by atoms with Gasteiger partial charge in [-0.1, -0.05) is 6.07 Å². The lowest BCUT2D eigenvalue weighted by Crippen LogP contribution is -2.48. The molecule has 1 N–H and O–H groups in total. The average Bonchev–Trinajstić information content (AvgIpc) is 3.41. The van der Waals surface area contributed by atoms with E-state index in [1.54, 1.807) is 24.7 Å². The minimum atomic E-state index is -0.00489. The van der Waals surface area contributed by atoms with Crippen molar-refractivity contribution in [3.8, 4) is 17.2 Å². The second-order valence-electron chi connectivity index (χ2n) is 6.94. The van der Waals surface area contributed by atoms with Crippen LogP contribution in [0.5, 0.6) is 5.75 Å². The van der Waals surface area contributed by atoms with Gasteiger partial charge in [0.25, 0.3) is 0 Å². The van der Waals surface area contributed by atoms with Gasteiger partial charge in [0.15, 0.2) is 5.76 Å². The number of rotatable bonds is 7. The quantitative estimate of drug-likeness (QED) is 0.643. The van der Waals surface area contributed by atoms with Gasteiger partial charge in [0.2, 0.25) is 5.91 Å². The van der Waals surface area contributed by atoms with Gasteiger partial charge >= 0.3 is 0 Å². The highest BCUT2D eigenvalue weighted by Crippen LogP contribution is 2.23. The molecule has 1 saturated heterocycles. The van der Waals surface area contributed by atoms with Crippen LogP contribution < -0.4 is 10.1 Å². The predicted octanol–water partition coefficient (Wildman–Crippen LogP) is 3.17.